The number of carbonyl (C=O) groups is 1. The molecule has 0 aromatic heterocycles. The third-order valence-electron chi connectivity index (χ3n) is 5.23. The molecule has 0 spiro atoms. The Labute approximate surface area is 116 Å². The van der Waals surface area contributed by atoms with Gasteiger partial charge in [0.1, 0.15) is 0 Å². The van der Waals surface area contributed by atoms with Gasteiger partial charge >= 0.3 is 5.97 Å². The van der Waals surface area contributed by atoms with Crippen molar-refractivity contribution in [3.05, 3.63) is 0 Å². The number of carboxylic acids is 1. The Morgan fingerprint density at radius 1 is 1.16 bits per heavy atom. The topological polar surface area (TPSA) is 46.5 Å². The summed E-state index contributed by atoms with van der Waals surface area (Å²) in [5.41, 5.74) is -0.424. The molecule has 0 bridgehead atoms. The van der Waals surface area contributed by atoms with Crippen LogP contribution < -0.4 is 0 Å². The van der Waals surface area contributed by atoms with Crippen LogP contribution in [0.4, 0.5) is 0 Å². The van der Waals surface area contributed by atoms with Gasteiger partial charge in [-0.15, -0.1) is 0 Å². The van der Waals surface area contributed by atoms with E-state index in [2.05, 4.69) is 6.92 Å². The van der Waals surface area contributed by atoms with Crippen LogP contribution in [0.1, 0.15) is 64.7 Å². The summed E-state index contributed by atoms with van der Waals surface area (Å²) in [5.74, 6) is 0.786. The molecule has 110 valence electrons. The number of ether oxygens (including phenoxy) is 1. The lowest BCUT2D eigenvalue weighted by atomic mass is 9.65. The third-order valence-corrected chi connectivity index (χ3v) is 5.23. The molecule has 0 unspecified atom stereocenters. The molecule has 2 aliphatic rings. The molecular formula is C16H28O3. The highest BCUT2D eigenvalue weighted by Gasteiger charge is 2.43. The Kier molecular flexibility index (Phi) is 5.26. The summed E-state index contributed by atoms with van der Waals surface area (Å²) in [4.78, 5) is 11.8. The molecule has 1 N–H and O–H groups in total. The van der Waals surface area contributed by atoms with E-state index < -0.39 is 11.4 Å². The SMILES string of the molecule is CCCC1CCC(CC2CCOCC2)(C(=O)O)CC1. The fourth-order valence-corrected chi connectivity index (χ4v) is 3.94. The highest BCUT2D eigenvalue weighted by molar-refractivity contribution is 5.74. The molecule has 1 heterocycles. The predicted molar refractivity (Wildman–Crippen MR) is 75.1 cm³/mol. The Bertz CT molecular complexity index is 286. The maximum absolute atomic E-state index is 11.8. The molecule has 3 nitrogen and oxygen atoms in total. The van der Waals surface area contributed by atoms with Crippen LogP contribution in [-0.2, 0) is 9.53 Å². The lowest BCUT2D eigenvalue weighted by molar-refractivity contribution is -0.153. The second kappa shape index (κ2) is 6.74. The van der Waals surface area contributed by atoms with Crippen molar-refractivity contribution in [3.8, 4) is 0 Å². The van der Waals surface area contributed by atoms with E-state index in [0.29, 0.717) is 5.92 Å². The molecule has 0 aromatic carbocycles. The zero-order valence-electron chi connectivity index (χ0n) is 12.2. The van der Waals surface area contributed by atoms with Crippen molar-refractivity contribution in [2.45, 2.75) is 64.7 Å². The second-order valence-corrected chi connectivity index (χ2v) is 6.58. The minimum absolute atomic E-state index is 0.424. The zero-order chi connectivity index (χ0) is 13.7. The number of carboxylic acid groups (broad SMARTS) is 1. The summed E-state index contributed by atoms with van der Waals surface area (Å²) in [7, 11) is 0. The lowest BCUT2D eigenvalue weighted by Crippen LogP contribution is -2.38. The molecule has 0 amide bonds. The minimum Gasteiger partial charge on any atom is -0.481 e. The number of hydrogen-bond acceptors (Lipinski definition) is 2. The van der Waals surface area contributed by atoms with Gasteiger partial charge in [-0.1, -0.05) is 19.8 Å². The molecule has 1 aliphatic carbocycles. The van der Waals surface area contributed by atoms with E-state index in [9.17, 15) is 9.90 Å². The van der Waals surface area contributed by atoms with Crippen molar-refractivity contribution in [1.82, 2.24) is 0 Å². The van der Waals surface area contributed by atoms with Gasteiger partial charge in [-0.25, -0.2) is 0 Å². The highest BCUT2D eigenvalue weighted by Crippen LogP contribution is 2.46. The number of aliphatic carboxylic acids is 1. The fourth-order valence-electron chi connectivity index (χ4n) is 3.94. The van der Waals surface area contributed by atoms with Crippen LogP contribution in [-0.4, -0.2) is 24.3 Å². The molecule has 2 rings (SSSR count). The molecule has 0 atom stereocenters. The average molecular weight is 268 g/mol. The lowest BCUT2D eigenvalue weighted by Gasteiger charge is -2.39. The smallest absolute Gasteiger partial charge is 0.309 e. The zero-order valence-corrected chi connectivity index (χ0v) is 12.2. The van der Waals surface area contributed by atoms with Gasteiger partial charge in [0.15, 0.2) is 0 Å². The van der Waals surface area contributed by atoms with Crippen molar-refractivity contribution in [2.75, 3.05) is 13.2 Å². The van der Waals surface area contributed by atoms with E-state index in [1.165, 1.54) is 12.8 Å². The summed E-state index contributed by atoms with van der Waals surface area (Å²) in [5, 5.41) is 9.70. The quantitative estimate of drug-likeness (QED) is 0.823. The maximum Gasteiger partial charge on any atom is 0.309 e. The van der Waals surface area contributed by atoms with Crippen molar-refractivity contribution in [2.24, 2.45) is 17.3 Å². The summed E-state index contributed by atoms with van der Waals surface area (Å²) < 4.78 is 5.38. The van der Waals surface area contributed by atoms with Gasteiger partial charge in [-0.3, -0.25) is 4.79 Å². The Balaban J connectivity index is 1.93. The van der Waals surface area contributed by atoms with Gasteiger partial charge in [-0.05, 0) is 56.8 Å². The highest BCUT2D eigenvalue weighted by atomic mass is 16.5. The fraction of sp³-hybridized carbons (Fsp3) is 0.938. The van der Waals surface area contributed by atoms with E-state index in [1.54, 1.807) is 0 Å². The van der Waals surface area contributed by atoms with E-state index in [-0.39, 0.29) is 0 Å². The van der Waals surface area contributed by atoms with Crippen LogP contribution in [0, 0.1) is 17.3 Å². The minimum atomic E-state index is -0.547. The largest absolute Gasteiger partial charge is 0.481 e. The Morgan fingerprint density at radius 3 is 2.32 bits per heavy atom. The molecule has 1 saturated carbocycles. The second-order valence-electron chi connectivity index (χ2n) is 6.58. The molecule has 2 fully saturated rings. The average Bonchev–Trinajstić information content (AvgIpc) is 2.42. The summed E-state index contributed by atoms with van der Waals surface area (Å²) >= 11 is 0. The van der Waals surface area contributed by atoms with Crippen molar-refractivity contribution in [3.63, 3.8) is 0 Å². The van der Waals surface area contributed by atoms with E-state index in [0.717, 1.165) is 64.1 Å². The van der Waals surface area contributed by atoms with Gasteiger partial charge in [0, 0.05) is 13.2 Å². The van der Waals surface area contributed by atoms with Gasteiger partial charge in [0.25, 0.3) is 0 Å². The molecule has 19 heavy (non-hydrogen) atoms. The first kappa shape index (κ1) is 14.8. The van der Waals surface area contributed by atoms with Crippen molar-refractivity contribution >= 4 is 5.97 Å². The van der Waals surface area contributed by atoms with Crippen molar-refractivity contribution in [1.29, 1.82) is 0 Å². The first-order valence-electron chi connectivity index (χ1n) is 7.97. The summed E-state index contributed by atoms with van der Waals surface area (Å²) in [6, 6.07) is 0. The number of hydrogen-bond donors (Lipinski definition) is 1. The van der Waals surface area contributed by atoms with Crippen LogP contribution in [0.3, 0.4) is 0 Å². The normalized spacial score (nSPS) is 33.2. The maximum atomic E-state index is 11.8. The van der Waals surface area contributed by atoms with Gasteiger partial charge < -0.3 is 9.84 Å². The first-order valence-corrected chi connectivity index (χ1v) is 7.97. The summed E-state index contributed by atoms with van der Waals surface area (Å²) in [6.45, 7) is 3.86. The van der Waals surface area contributed by atoms with Gasteiger partial charge in [0.05, 0.1) is 5.41 Å². The Hall–Kier alpha value is -0.570. The van der Waals surface area contributed by atoms with Crippen LogP contribution >= 0.6 is 0 Å². The number of rotatable bonds is 5. The third kappa shape index (κ3) is 3.71. The van der Waals surface area contributed by atoms with Crippen molar-refractivity contribution < 1.29 is 14.6 Å². The van der Waals surface area contributed by atoms with Gasteiger partial charge in [0.2, 0.25) is 0 Å². The van der Waals surface area contributed by atoms with E-state index >= 15 is 0 Å². The molecule has 0 aromatic rings. The monoisotopic (exact) mass is 268 g/mol. The molecule has 3 heteroatoms. The van der Waals surface area contributed by atoms with Crippen LogP contribution in [0.5, 0.6) is 0 Å². The molecule has 1 saturated heterocycles. The van der Waals surface area contributed by atoms with Crippen LogP contribution in [0.15, 0.2) is 0 Å². The molecule has 0 radical (unpaired) electrons. The molecular weight excluding hydrogens is 240 g/mol. The summed E-state index contributed by atoms with van der Waals surface area (Å²) in [6.07, 6.45) is 9.49. The van der Waals surface area contributed by atoms with Crippen LogP contribution in [0.25, 0.3) is 0 Å². The molecule has 1 aliphatic heterocycles. The van der Waals surface area contributed by atoms with E-state index in [1.807, 2.05) is 0 Å². The van der Waals surface area contributed by atoms with Crippen LogP contribution in [0.2, 0.25) is 0 Å². The Morgan fingerprint density at radius 2 is 1.79 bits per heavy atom. The standard InChI is InChI=1S/C16H28O3/c1-2-3-13-4-8-16(9-5-13,15(17)18)12-14-6-10-19-11-7-14/h13-14H,2-12H2,1H3,(H,17,18). The van der Waals surface area contributed by atoms with E-state index in [4.69, 9.17) is 4.74 Å². The predicted octanol–water partition coefficient (Wildman–Crippen LogP) is 3.86. The van der Waals surface area contributed by atoms with Gasteiger partial charge in [-0.2, -0.15) is 0 Å². The first-order chi connectivity index (χ1) is 9.16.